The number of carbonyl (C=O) groups is 5. The molecule has 1 aromatic carbocycles. The van der Waals surface area contributed by atoms with Crippen molar-refractivity contribution in [1.82, 2.24) is 10.2 Å². The standard InChI is InChI=1S/C21H23N3O6/c1-12(24-19(27)15-8-3-4-9-16(15)20(24)28)21(29)30-11-17(25)23-14-7-5-6-13(10-14)18(26)22-2/h3-7,10,12,15-16H,8-9,11H2,1-2H3,(H,22,26)(H,23,25)/t12-,15-,16-/m0/s1. The fourth-order valence-electron chi connectivity index (χ4n) is 3.65. The largest absolute Gasteiger partial charge is 0.454 e. The van der Waals surface area contributed by atoms with Crippen LogP contribution in [0.25, 0.3) is 0 Å². The van der Waals surface area contributed by atoms with Crippen molar-refractivity contribution in [2.45, 2.75) is 25.8 Å². The lowest BCUT2D eigenvalue weighted by Gasteiger charge is -2.21. The lowest BCUT2D eigenvalue weighted by atomic mass is 9.85. The van der Waals surface area contributed by atoms with Gasteiger partial charge in [0.05, 0.1) is 11.8 Å². The third kappa shape index (κ3) is 4.24. The highest BCUT2D eigenvalue weighted by molar-refractivity contribution is 6.08. The fourth-order valence-corrected chi connectivity index (χ4v) is 3.65. The zero-order valence-corrected chi connectivity index (χ0v) is 16.7. The number of hydrogen-bond donors (Lipinski definition) is 2. The van der Waals surface area contributed by atoms with Crippen LogP contribution in [0.15, 0.2) is 36.4 Å². The monoisotopic (exact) mass is 413 g/mol. The first kappa shape index (κ1) is 21.2. The Balaban J connectivity index is 1.55. The number of imide groups is 1. The maximum atomic E-state index is 12.5. The van der Waals surface area contributed by atoms with Crippen LogP contribution in [0.2, 0.25) is 0 Å². The number of carbonyl (C=O) groups excluding carboxylic acids is 5. The molecule has 0 unspecified atom stereocenters. The zero-order chi connectivity index (χ0) is 21.8. The van der Waals surface area contributed by atoms with E-state index in [1.807, 2.05) is 12.2 Å². The highest BCUT2D eigenvalue weighted by Gasteiger charge is 2.50. The van der Waals surface area contributed by atoms with Crippen LogP contribution in [0.3, 0.4) is 0 Å². The van der Waals surface area contributed by atoms with Crippen LogP contribution < -0.4 is 10.6 Å². The van der Waals surface area contributed by atoms with Crippen LogP contribution in [-0.2, 0) is 23.9 Å². The Labute approximate surface area is 173 Å². The fraction of sp³-hybridized carbons (Fsp3) is 0.381. The topological polar surface area (TPSA) is 122 Å². The first-order valence-electron chi connectivity index (χ1n) is 9.64. The van der Waals surface area contributed by atoms with Crippen LogP contribution in [0.5, 0.6) is 0 Å². The molecular weight excluding hydrogens is 390 g/mol. The SMILES string of the molecule is CNC(=O)c1cccc(NC(=O)COC(=O)[C@H](C)N2C(=O)[C@H]3CC=CC[C@@H]3C2=O)c1. The van der Waals surface area contributed by atoms with E-state index in [2.05, 4.69) is 10.6 Å². The molecule has 1 aliphatic heterocycles. The second-order valence-electron chi connectivity index (χ2n) is 7.19. The Bertz CT molecular complexity index is 899. The summed E-state index contributed by atoms with van der Waals surface area (Å²) in [7, 11) is 1.50. The van der Waals surface area contributed by atoms with Gasteiger partial charge in [0.1, 0.15) is 6.04 Å². The Morgan fingerprint density at radius 3 is 2.37 bits per heavy atom. The van der Waals surface area contributed by atoms with E-state index >= 15 is 0 Å². The number of nitrogens with zero attached hydrogens (tertiary/aromatic N) is 1. The number of likely N-dealkylation sites (tertiary alicyclic amines) is 1. The predicted octanol–water partition coefficient (Wildman–Crippen LogP) is 0.868. The van der Waals surface area contributed by atoms with Gasteiger partial charge in [0.15, 0.2) is 6.61 Å². The molecule has 158 valence electrons. The maximum Gasteiger partial charge on any atom is 0.329 e. The number of rotatable bonds is 6. The molecular formula is C21H23N3O6. The predicted molar refractivity (Wildman–Crippen MR) is 106 cm³/mol. The summed E-state index contributed by atoms with van der Waals surface area (Å²) < 4.78 is 5.01. The number of anilines is 1. The van der Waals surface area contributed by atoms with E-state index in [1.54, 1.807) is 18.2 Å². The highest BCUT2D eigenvalue weighted by Crippen LogP contribution is 2.36. The van der Waals surface area contributed by atoms with Gasteiger partial charge in [0.2, 0.25) is 11.8 Å². The van der Waals surface area contributed by atoms with Crippen molar-refractivity contribution in [2.75, 3.05) is 19.0 Å². The van der Waals surface area contributed by atoms with Gasteiger partial charge in [-0.25, -0.2) is 4.79 Å². The van der Waals surface area contributed by atoms with Gasteiger partial charge in [0.25, 0.3) is 11.8 Å². The zero-order valence-electron chi connectivity index (χ0n) is 16.7. The van der Waals surface area contributed by atoms with Crippen LogP contribution in [0.4, 0.5) is 5.69 Å². The van der Waals surface area contributed by atoms with Crippen LogP contribution in [0, 0.1) is 11.8 Å². The second kappa shape index (κ2) is 8.89. The maximum absolute atomic E-state index is 12.5. The van der Waals surface area contributed by atoms with E-state index in [9.17, 15) is 24.0 Å². The molecule has 0 spiro atoms. The molecule has 2 aliphatic rings. The molecule has 0 radical (unpaired) electrons. The number of fused-ring (bicyclic) bond motifs is 1. The third-order valence-corrected chi connectivity index (χ3v) is 5.25. The summed E-state index contributed by atoms with van der Waals surface area (Å²) in [5, 5.41) is 5.01. The van der Waals surface area contributed by atoms with E-state index < -0.39 is 36.4 Å². The Kier molecular flexibility index (Phi) is 6.29. The van der Waals surface area contributed by atoms with Gasteiger partial charge in [-0.05, 0) is 38.0 Å². The Morgan fingerprint density at radius 2 is 1.77 bits per heavy atom. The summed E-state index contributed by atoms with van der Waals surface area (Å²) in [6.45, 7) is 0.825. The van der Waals surface area contributed by atoms with Crippen molar-refractivity contribution < 1.29 is 28.7 Å². The van der Waals surface area contributed by atoms with Crippen molar-refractivity contribution in [3.05, 3.63) is 42.0 Å². The number of hydrogen-bond acceptors (Lipinski definition) is 6. The lowest BCUT2D eigenvalue weighted by Crippen LogP contribution is -2.45. The van der Waals surface area contributed by atoms with E-state index in [0.717, 1.165) is 4.90 Å². The molecule has 0 bridgehead atoms. The first-order valence-corrected chi connectivity index (χ1v) is 9.64. The van der Waals surface area contributed by atoms with Crippen molar-refractivity contribution in [2.24, 2.45) is 11.8 Å². The minimum absolute atomic E-state index is 0.304. The van der Waals surface area contributed by atoms with Gasteiger partial charge >= 0.3 is 5.97 Å². The second-order valence-corrected chi connectivity index (χ2v) is 7.19. The number of nitrogens with one attached hydrogen (secondary N) is 2. The molecule has 1 aliphatic carbocycles. The number of amides is 4. The minimum atomic E-state index is -1.11. The molecule has 1 heterocycles. The number of allylic oxidation sites excluding steroid dienone is 2. The molecule has 1 fully saturated rings. The third-order valence-electron chi connectivity index (χ3n) is 5.25. The molecule has 4 amide bonds. The average Bonchev–Trinajstić information content (AvgIpc) is 3.01. The van der Waals surface area contributed by atoms with Crippen LogP contribution in [-0.4, -0.2) is 54.2 Å². The van der Waals surface area contributed by atoms with E-state index in [4.69, 9.17) is 4.74 Å². The van der Waals surface area contributed by atoms with Gasteiger partial charge < -0.3 is 15.4 Å². The summed E-state index contributed by atoms with van der Waals surface area (Å²) in [4.78, 5) is 62.1. The molecule has 9 heteroatoms. The summed E-state index contributed by atoms with van der Waals surface area (Å²) in [5.41, 5.74) is 0.731. The molecule has 3 rings (SSSR count). The summed E-state index contributed by atoms with van der Waals surface area (Å²) >= 11 is 0. The first-order chi connectivity index (χ1) is 14.3. The van der Waals surface area contributed by atoms with E-state index in [1.165, 1.54) is 20.0 Å². The molecule has 9 nitrogen and oxygen atoms in total. The smallest absolute Gasteiger partial charge is 0.329 e. The van der Waals surface area contributed by atoms with Gasteiger partial charge in [-0.3, -0.25) is 24.1 Å². The van der Waals surface area contributed by atoms with E-state index in [-0.39, 0.29) is 17.7 Å². The molecule has 1 aromatic rings. The molecule has 2 N–H and O–H groups in total. The molecule has 3 atom stereocenters. The summed E-state index contributed by atoms with van der Waals surface area (Å²) in [5.74, 6) is -3.38. The molecule has 1 saturated heterocycles. The number of benzene rings is 1. The Hall–Kier alpha value is -3.49. The van der Waals surface area contributed by atoms with Crippen molar-refractivity contribution in [3.63, 3.8) is 0 Å². The van der Waals surface area contributed by atoms with E-state index in [0.29, 0.717) is 24.1 Å². The number of ether oxygens (including phenoxy) is 1. The average molecular weight is 413 g/mol. The lowest BCUT2D eigenvalue weighted by molar-refractivity contribution is -0.159. The van der Waals surface area contributed by atoms with Gasteiger partial charge in [-0.2, -0.15) is 0 Å². The van der Waals surface area contributed by atoms with Crippen molar-refractivity contribution in [1.29, 1.82) is 0 Å². The summed E-state index contributed by atoms with van der Waals surface area (Å²) in [6, 6.07) is 5.16. The quantitative estimate of drug-likeness (QED) is 0.405. The summed E-state index contributed by atoms with van der Waals surface area (Å²) in [6.07, 6.45) is 4.68. The van der Waals surface area contributed by atoms with Gasteiger partial charge in [0, 0.05) is 18.3 Å². The normalized spacial score (nSPS) is 21.1. The van der Waals surface area contributed by atoms with Crippen LogP contribution in [0.1, 0.15) is 30.1 Å². The van der Waals surface area contributed by atoms with Crippen molar-refractivity contribution >= 4 is 35.3 Å². The molecule has 30 heavy (non-hydrogen) atoms. The van der Waals surface area contributed by atoms with Crippen LogP contribution >= 0.6 is 0 Å². The number of esters is 1. The Morgan fingerprint density at radius 1 is 1.13 bits per heavy atom. The van der Waals surface area contributed by atoms with Gasteiger partial charge in [-0.15, -0.1) is 0 Å². The van der Waals surface area contributed by atoms with Crippen molar-refractivity contribution in [3.8, 4) is 0 Å². The minimum Gasteiger partial charge on any atom is -0.454 e. The molecule has 0 saturated carbocycles. The molecule has 0 aromatic heterocycles. The van der Waals surface area contributed by atoms with Gasteiger partial charge in [-0.1, -0.05) is 18.2 Å². The highest BCUT2D eigenvalue weighted by atomic mass is 16.5.